The standard InChI is InChI=1S/C26H25N3O12/c1-13(30)38-21-11-37-26(24(40-15(3)32)23(21)39-14(2)31)41-22(33)12-36-18-7-4-16(5-8-18)25-27-19-9-6-17(29(34)35)10-20(19)28-25/h4-10,21,23-24,26H,11-12H2,1-3H3,(H,27,28)/t21-,23+,24-,26+/m1/s1. The molecular weight excluding hydrogens is 546 g/mol. The Bertz CT molecular complexity index is 1470. The van der Waals surface area contributed by atoms with Gasteiger partial charge in [0.15, 0.2) is 18.8 Å². The molecule has 0 amide bonds. The summed E-state index contributed by atoms with van der Waals surface area (Å²) in [6, 6.07) is 10.8. The number of hydrogen-bond donors (Lipinski definition) is 1. The van der Waals surface area contributed by atoms with E-state index < -0.39 is 60.0 Å². The fourth-order valence-corrected chi connectivity index (χ4v) is 4.07. The molecule has 0 unspecified atom stereocenters. The first-order chi connectivity index (χ1) is 19.5. The lowest BCUT2D eigenvalue weighted by molar-refractivity contribution is -0.384. The number of benzene rings is 2. The van der Waals surface area contributed by atoms with Crippen LogP contribution in [-0.4, -0.2) is 76.6 Å². The van der Waals surface area contributed by atoms with Crippen LogP contribution in [0.1, 0.15) is 20.8 Å². The Labute approximate surface area is 231 Å². The number of nitrogens with one attached hydrogen (secondary N) is 1. The quantitative estimate of drug-likeness (QED) is 0.170. The average Bonchev–Trinajstić information content (AvgIpc) is 3.34. The number of imidazole rings is 1. The van der Waals surface area contributed by atoms with E-state index in [9.17, 15) is 29.3 Å². The van der Waals surface area contributed by atoms with Crippen molar-refractivity contribution in [3.05, 3.63) is 52.6 Å². The molecule has 0 radical (unpaired) electrons. The monoisotopic (exact) mass is 571 g/mol. The van der Waals surface area contributed by atoms with Crippen LogP contribution in [0.4, 0.5) is 5.69 Å². The van der Waals surface area contributed by atoms with Crippen LogP contribution in [0.5, 0.6) is 5.75 Å². The summed E-state index contributed by atoms with van der Waals surface area (Å²) in [4.78, 5) is 65.3. The van der Waals surface area contributed by atoms with E-state index in [-0.39, 0.29) is 12.3 Å². The third-order valence-electron chi connectivity index (χ3n) is 5.71. The minimum Gasteiger partial charge on any atom is -0.482 e. The third kappa shape index (κ3) is 7.33. The van der Waals surface area contributed by atoms with E-state index in [1.54, 1.807) is 30.3 Å². The number of non-ortho nitro benzene ring substituents is 1. The number of rotatable bonds is 9. The summed E-state index contributed by atoms with van der Waals surface area (Å²) in [5, 5.41) is 11.0. The molecule has 15 nitrogen and oxygen atoms in total. The van der Waals surface area contributed by atoms with E-state index in [4.69, 9.17) is 28.4 Å². The number of nitro benzene ring substituents is 1. The average molecular weight is 571 g/mol. The van der Waals surface area contributed by atoms with Crippen LogP contribution in [0, 0.1) is 10.1 Å². The van der Waals surface area contributed by atoms with Crippen LogP contribution >= 0.6 is 0 Å². The Hall–Kier alpha value is -5.05. The van der Waals surface area contributed by atoms with Crippen molar-refractivity contribution in [2.45, 2.75) is 45.4 Å². The molecule has 1 saturated heterocycles. The number of H-pyrrole nitrogens is 1. The summed E-state index contributed by atoms with van der Waals surface area (Å²) >= 11 is 0. The van der Waals surface area contributed by atoms with Crippen LogP contribution < -0.4 is 4.74 Å². The molecule has 2 heterocycles. The van der Waals surface area contributed by atoms with Crippen LogP contribution in [0.15, 0.2) is 42.5 Å². The number of fused-ring (bicyclic) bond motifs is 1. The van der Waals surface area contributed by atoms with E-state index >= 15 is 0 Å². The highest BCUT2D eigenvalue weighted by Gasteiger charge is 2.48. The van der Waals surface area contributed by atoms with E-state index in [0.29, 0.717) is 28.2 Å². The Balaban J connectivity index is 1.39. The van der Waals surface area contributed by atoms with Gasteiger partial charge in [-0.05, 0) is 30.3 Å². The number of nitrogens with zero attached hydrogens (tertiary/aromatic N) is 2. The van der Waals surface area contributed by atoms with Crippen LogP contribution in [0.2, 0.25) is 0 Å². The van der Waals surface area contributed by atoms with Gasteiger partial charge in [0, 0.05) is 38.5 Å². The van der Waals surface area contributed by atoms with E-state index in [0.717, 1.165) is 20.8 Å². The number of esters is 4. The van der Waals surface area contributed by atoms with Gasteiger partial charge in [0.2, 0.25) is 12.4 Å². The van der Waals surface area contributed by atoms with Crippen molar-refractivity contribution < 1.29 is 52.5 Å². The molecule has 0 aliphatic carbocycles. The second-order valence-electron chi connectivity index (χ2n) is 8.84. The van der Waals surface area contributed by atoms with Crippen molar-refractivity contribution in [1.29, 1.82) is 0 Å². The summed E-state index contributed by atoms with van der Waals surface area (Å²) in [5.74, 6) is -2.30. The highest BCUT2D eigenvalue weighted by molar-refractivity contribution is 5.81. The van der Waals surface area contributed by atoms with Crippen LogP contribution in [-0.2, 0) is 42.9 Å². The van der Waals surface area contributed by atoms with E-state index in [1.165, 1.54) is 12.1 Å². The first-order valence-corrected chi connectivity index (χ1v) is 12.2. The number of ether oxygens (including phenoxy) is 6. The number of nitro groups is 1. The molecule has 0 bridgehead atoms. The lowest BCUT2D eigenvalue weighted by Gasteiger charge is -2.39. The predicted octanol–water partition coefficient (Wildman–Crippen LogP) is 2.21. The number of carbonyl (C=O) groups excluding carboxylic acids is 4. The molecule has 0 saturated carbocycles. The Morgan fingerprint density at radius 2 is 1.61 bits per heavy atom. The highest BCUT2D eigenvalue weighted by atomic mass is 16.7. The molecule has 2 aromatic carbocycles. The minimum absolute atomic E-state index is 0.0627. The second kappa shape index (κ2) is 12.4. The first kappa shape index (κ1) is 28.9. The van der Waals surface area contributed by atoms with Crippen molar-refractivity contribution in [3.8, 4) is 17.1 Å². The van der Waals surface area contributed by atoms with Crippen molar-refractivity contribution in [2.75, 3.05) is 13.2 Å². The summed E-state index contributed by atoms with van der Waals surface area (Å²) in [7, 11) is 0. The fourth-order valence-electron chi connectivity index (χ4n) is 4.07. The van der Waals surface area contributed by atoms with Crippen molar-refractivity contribution >= 4 is 40.6 Å². The van der Waals surface area contributed by atoms with Gasteiger partial charge in [-0.25, -0.2) is 9.78 Å². The van der Waals surface area contributed by atoms with Gasteiger partial charge < -0.3 is 33.4 Å². The molecule has 1 fully saturated rings. The topological polar surface area (TPSA) is 195 Å². The summed E-state index contributed by atoms with van der Waals surface area (Å²) < 4.78 is 31.8. The van der Waals surface area contributed by atoms with Gasteiger partial charge in [0.25, 0.3) is 5.69 Å². The van der Waals surface area contributed by atoms with Gasteiger partial charge in [-0.3, -0.25) is 24.5 Å². The zero-order chi connectivity index (χ0) is 29.7. The van der Waals surface area contributed by atoms with Crippen molar-refractivity contribution in [3.63, 3.8) is 0 Å². The molecule has 15 heteroatoms. The molecule has 4 rings (SSSR count). The molecule has 41 heavy (non-hydrogen) atoms. The van der Waals surface area contributed by atoms with Gasteiger partial charge in [-0.15, -0.1) is 0 Å². The van der Waals surface area contributed by atoms with Crippen LogP contribution in [0.3, 0.4) is 0 Å². The van der Waals surface area contributed by atoms with E-state index in [2.05, 4.69) is 9.97 Å². The molecule has 3 aromatic rings. The van der Waals surface area contributed by atoms with Gasteiger partial charge in [-0.1, -0.05) is 0 Å². The minimum atomic E-state index is -1.47. The normalized spacial score (nSPS) is 20.1. The van der Waals surface area contributed by atoms with E-state index in [1.807, 2.05) is 0 Å². The lowest BCUT2D eigenvalue weighted by Crippen LogP contribution is -2.58. The number of hydrogen-bond acceptors (Lipinski definition) is 13. The molecule has 1 aliphatic heterocycles. The van der Waals surface area contributed by atoms with Gasteiger partial charge >= 0.3 is 23.9 Å². The molecule has 1 N–H and O–H groups in total. The first-order valence-electron chi connectivity index (χ1n) is 12.2. The number of carbonyl (C=O) groups is 4. The molecule has 216 valence electrons. The van der Waals surface area contributed by atoms with Gasteiger partial charge in [0.1, 0.15) is 11.6 Å². The fraction of sp³-hybridized carbons (Fsp3) is 0.346. The smallest absolute Gasteiger partial charge is 0.346 e. The van der Waals surface area contributed by atoms with Gasteiger partial charge in [0.05, 0.1) is 22.6 Å². The zero-order valence-corrected chi connectivity index (χ0v) is 22.1. The molecule has 4 atom stereocenters. The number of aromatic amines is 1. The van der Waals surface area contributed by atoms with Crippen LogP contribution in [0.25, 0.3) is 22.4 Å². The molecular formula is C26H25N3O12. The van der Waals surface area contributed by atoms with Crippen molar-refractivity contribution in [1.82, 2.24) is 9.97 Å². The van der Waals surface area contributed by atoms with Crippen molar-refractivity contribution in [2.24, 2.45) is 0 Å². The lowest BCUT2D eigenvalue weighted by atomic mass is 10.0. The number of aromatic nitrogens is 2. The SMILES string of the molecule is CC(=O)O[C@@H]1[C@@H](OC(C)=O)[C@H](OC(=O)COc2ccc(-c3nc4ccc([N+](=O)[O-])cc4[nH]3)cc2)OC[C@H]1OC(C)=O. The summed E-state index contributed by atoms with van der Waals surface area (Å²) in [5.41, 5.74) is 1.66. The zero-order valence-electron chi connectivity index (χ0n) is 22.1. The van der Waals surface area contributed by atoms with Gasteiger partial charge in [-0.2, -0.15) is 0 Å². The predicted molar refractivity (Wildman–Crippen MR) is 136 cm³/mol. The maximum Gasteiger partial charge on any atom is 0.346 e. The highest BCUT2D eigenvalue weighted by Crippen LogP contribution is 2.27. The molecule has 1 aliphatic rings. The second-order valence-corrected chi connectivity index (χ2v) is 8.84. The Kier molecular flexibility index (Phi) is 8.77. The molecule has 1 aromatic heterocycles. The molecule has 0 spiro atoms. The largest absolute Gasteiger partial charge is 0.482 e. The third-order valence-corrected chi connectivity index (χ3v) is 5.71. The summed E-state index contributed by atoms with van der Waals surface area (Å²) in [6.45, 7) is 2.51. The maximum absolute atomic E-state index is 12.5. The Morgan fingerprint density at radius 3 is 2.24 bits per heavy atom. The maximum atomic E-state index is 12.5. The Morgan fingerprint density at radius 1 is 0.951 bits per heavy atom. The summed E-state index contributed by atoms with van der Waals surface area (Å²) in [6.07, 6.45) is -5.28.